The van der Waals surface area contributed by atoms with Gasteiger partial charge in [-0.25, -0.2) is 4.79 Å². The second-order valence-electron chi connectivity index (χ2n) is 8.25. The quantitative estimate of drug-likeness (QED) is 0.542. The molecule has 5 rings (SSSR count). The first-order valence-corrected chi connectivity index (χ1v) is 11.3. The number of halogens is 1. The van der Waals surface area contributed by atoms with Gasteiger partial charge in [-0.15, -0.1) is 5.10 Å². The van der Waals surface area contributed by atoms with Crippen LogP contribution >= 0.6 is 11.6 Å². The van der Waals surface area contributed by atoms with Crippen molar-refractivity contribution in [2.24, 2.45) is 5.73 Å². The van der Waals surface area contributed by atoms with Crippen LogP contribution in [-0.4, -0.2) is 29.2 Å². The van der Waals surface area contributed by atoms with Crippen LogP contribution in [0.5, 0.6) is 5.88 Å². The highest BCUT2D eigenvalue weighted by Gasteiger charge is 2.62. The summed E-state index contributed by atoms with van der Waals surface area (Å²) in [5.74, 6) is -1.07. The van der Waals surface area contributed by atoms with Crippen LogP contribution < -0.4 is 15.4 Å². The number of amides is 1. The van der Waals surface area contributed by atoms with Gasteiger partial charge >= 0.3 is 5.97 Å². The zero-order chi connectivity index (χ0) is 24.0. The molecule has 0 bridgehead atoms. The molecule has 0 unspecified atom stereocenters. The number of nitrogens with one attached hydrogen (secondary N) is 1. The zero-order valence-corrected chi connectivity index (χ0v) is 19.5. The van der Waals surface area contributed by atoms with Crippen molar-refractivity contribution in [1.82, 2.24) is 10.2 Å². The second kappa shape index (κ2) is 8.22. The summed E-state index contributed by atoms with van der Waals surface area (Å²) >= 11 is 6.06. The first-order chi connectivity index (χ1) is 16.4. The molecule has 3 N–H and O–H groups in total. The van der Waals surface area contributed by atoms with Crippen LogP contribution in [0.1, 0.15) is 35.7 Å². The van der Waals surface area contributed by atoms with E-state index in [9.17, 15) is 9.59 Å². The Labute approximate surface area is 201 Å². The number of aromatic nitrogens is 2. The Morgan fingerprint density at radius 1 is 1.24 bits per heavy atom. The van der Waals surface area contributed by atoms with E-state index in [1.165, 1.54) is 7.11 Å². The van der Waals surface area contributed by atoms with Gasteiger partial charge in [-0.2, -0.15) is 0 Å². The number of carbonyl (C=O) groups is 2. The van der Waals surface area contributed by atoms with E-state index in [1.54, 1.807) is 17.0 Å². The first-order valence-electron chi connectivity index (χ1n) is 10.9. The fourth-order valence-corrected chi connectivity index (χ4v) is 5.06. The Balaban J connectivity index is 1.79. The van der Waals surface area contributed by atoms with Gasteiger partial charge in [0.25, 0.3) is 0 Å². The van der Waals surface area contributed by atoms with Gasteiger partial charge in [0.05, 0.1) is 19.2 Å². The molecule has 3 heterocycles. The molecule has 174 valence electrons. The number of nitrogens with zero attached hydrogens (tertiary/aromatic N) is 2. The molecule has 2 aliphatic rings. The highest BCUT2D eigenvalue weighted by molar-refractivity contribution is 6.30. The van der Waals surface area contributed by atoms with E-state index in [-0.39, 0.29) is 29.8 Å². The lowest BCUT2D eigenvalue weighted by atomic mass is 9.68. The normalized spacial score (nSPS) is 18.7. The van der Waals surface area contributed by atoms with E-state index in [1.807, 2.05) is 43.3 Å². The smallest absolute Gasteiger partial charge is 0.340 e. The van der Waals surface area contributed by atoms with Crippen molar-refractivity contribution in [2.75, 3.05) is 12.0 Å². The Morgan fingerprint density at radius 3 is 2.68 bits per heavy atom. The largest absolute Gasteiger partial charge is 0.465 e. The zero-order valence-electron chi connectivity index (χ0n) is 18.7. The minimum atomic E-state index is -1.55. The highest BCUT2D eigenvalue weighted by Crippen LogP contribution is 2.56. The van der Waals surface area contributed by atoms with Crippen LogP contribution in [0.3, 0.4) is 0 Å². The summed E-state index contributed by atoms with van der Waals surface area (Å²) in [4.78, 5) is 29.3. The number of H-pyrrole nitrogens is 1. The summed E-state index contributed by atoms with van der Waals surface area (Å²) in [6, 6.07) is 14.7. The number of methoxy groups -OCH3 is 1. The van der Waals surface area contributed by atoms with E-state index in [0.717, 1.165) is 12.0 Å². The van der Waals surface area contributed by atoms with Crippen LogP contribution in [0.25, 0.3) is 0 Å². The molecule has 0 saturated heterocycles. The van der Waals surface area contributed by atoms with Crippen molar-refractivity contribution < 1.29 is 19.1 Å². The number of rotatable bonds is 5. The third-order valence-electron chi connectivity index (χ3n) is 6.32. The van der Waals surface area contributed by atoms with Crippen LogP contribution in [0, 0.1) is 0 Å². The Hall–Kier alpha value is -3.78. The lowest BCUT2D eigenvalue weighted by Crippen LogP contribution is -2.48. The molecular formula is C25H23ClN4O4. The fourth-order valence-electron chi connectivity index (χ4n) is 4.94. The molecule has 3 aromatic rings. The number of aromatic amines is 1. The predicted octanol–water partition coefficient (Wildman–Crippen LogP) is 3.58. The minimum Gasteiger partial charge on any atom is -0.465 e. The number of esters is 1. The number of anilines is 1. The van der Waals surface area contributed by atoms with Crippen LogP contribution in [0.15, 0.2) is 60.0 Å². The van der Waals surface area contributed by atoms with Crippen molar-refractivity contribution in [2.45, 2.75) is 31.7 Å². The number of ether oxygens (including phenoxy) is 2. The van der Waals surface area contributed by atoms with Crippen molar-refractivity contribution in [3.8, 4) is 5.88 Å². The third-order valence-corrected chi connectivity index (χ3v) is 6.57. The summed E-state index contributed by atoms with van der Waals surface area (Å²) in [5.41, 5.74) is 8.06. The molecule has 0 fully saturated rings. The Bertz CT molecular complexity index is 1330. The number of hydrogen-bond acceptors (Lipinski definition) is 6. The van der Waals surface area contributed by atoms with Gasteiger partial charge in [-0.05, 0) is 30.2 Å². The lowest BCUT2D eigenvalue weighted by molar-refractivity contribution is -0.138. The van der Waals surface area contributed by atoms with Gasteiger partial charge in [0.1, 0.15) is 11.0 Å². The monoisotopic (exact) mass is 478 g/mol. The number of hydrogen-bond donors (Lipinski definition) is 2. The number of para-hydroxylation sites is 1. The molecule has 0 radical (unpaired) electrons. The Morgan fingerprint density at radius 2 is 1.97 bits per heavy atom. The maximum absolute atomic E-state index is 14.5. The fraction of sp³-hybridized carbons (Fsp3) is 0.240. The molecule has 0 saturated carbocycles. The maximum atomic E-state index is 14.5. The van der Waals surface area contributed by atoms with Crippen molar-refractivity contribution >= 4 is 29.2 Å². The van der Waals surface area contributed by atoms with Gasteiger partial charge < -0.3 is 20.1 Å². The number of aryl methyl sites for hydroxylation is 1. The van der Waals surface area contributed by atoms with E-state index < -0.39 is 11.4 Å². The standard InChI is InChI=1S/C25H23ClN4O4/c1-3-6-17-19-22(29-28-17)34-21(27)20(23(31)33-2)25(19)16-7-4-5-8-18(16)30(24(25)32)13-14-9-11-15(26)12-10-14/h4-5,7-12H,3,6,13,27H2,1-2H3,(H,28,29)/t25-/m0/s1. The maximum Gasteiger partial charge on any atom is 0.340 e. The number of carbonyl (C=O) groups excluding carboxylic acids is 2. The number of benzene rings is 2. The lowest BCUT2D eigenvalue weighted by Gasteiger charge is -2.34. The molecular weight excluding hydrogens is 456 g/mol. The summed E-state index contributed by atoms with van der Waals surface area (Å²) in [6.07, 6.45) is 1.40. The first kappa shape index (κ1) is 22.0. The molecule has 1 aromatic heterocycles. The van der Waals surface area contributed by atoms with E-state index in [0.29, 0.717) is 34.0 Å². The molecule has 9 heteroatoms. The summed E-state index contributed by atoms with van der Waals surface area (Å²) < 4.78 is 10.8. The summed E-state index contributed by atoms with van der Waals surface area (Å²) in [6.45, 7) is 2.30. The second-order valence-corrected chi connectivity index (χ2v) is 8.69. The van der Waals surface area contributed by atoms with Gasteiger partial charge in [-0.1, -0.05) is 55.3 Å². The van der Waals surface area contributed by atoms with Crippen LogP contribution in [-0.2, 0) is 32.7 Å². The molecule has 2 aliphatic heterocycles. The molecule has 2 aromatic carbocycles. The average molecular weight is 479 g/mol. The number of fused-ring (bicyclic) bond motifs is 4. The summed E-state index contributed by atoms with van der Waals surface area (Å²) in [5, 5.41) is 7.89. The van der Waals surface area contributed by atoms with E-state index in [4.69, 9.17) is 26.8 Å². The average Bonchev–Trinajstić information content (AvgIpc) is 3.34. The van der Waals surface area contributed by atoms with Gasteiger partial charge in [0.15, 0.2) is 0 Å². The van der Waals surface area contributed by atoms with Crippen molar-refractivity contribution in [1.29, 1.82) is 0 Å². The number of nitrogens with two attached hydrogens (primary N) is 1. The highest BCUT2D eigenvalue weighted by atomic mass is 35.5. The molecule has 34 heavy (non-hydrogen) atoms. The molecule has 1 amide bonds. The molecule has 0 aliphatic carbocycles. The molecule has 8 nitrogen and oxygen atoms in total. The third kappa shape index (κ3) is 3.02. The topological polar surface area (TPSA) is 111 Å². The predicted molar refractivity (Wildman–Crippen MR) is 126 cm³/mol. The van der Waals surface area contributed by atoms with Gasteiger partial charge in [-0.3, -0.25) is 9.89 Å². The van der Waals surface area contributed by atoms with Crippen LogP contribution in [0.4, 0.5) is 5.69 Å². The minimum absolute atomic E-state index is 0.0442. The van der Waals surface area contributed by atoms with Crippen molar-refractivity contribution in [3.05, 3.63) is 87.4 Å². The SMILES string of the molecule is CCCc1[nH]nc2c1[C@]1(C(=O)N(Cc3ccc(Cl)cc3)c3ccccc31)C(C(=O)OC)=C(N)O2. The Kier molecular flexibility index (Phi) is 5.32. The van der Waals surface area contributed by atoms with E-state index >= 15 is 0 Å². The van der Waals surface area contributed by atoms with Gasteiger partial charge in [0, 0.05) is 22.0 Å². The van der Waals surface area contributed by atoms with Crippen molar-refractivity contribution in [3.63, 3.8) is 0 Å². The van der Waals surface area contributed by atoms with E-state index in [2.05, 4.69) is 10.2 Å². The molecule has 1 atom stereocenters. The van der Waals surface area contributed by atoms with Gasteiger partial charge in [0.2, 0.25) is 17.7 Å². The van der Waals surface area contributed by atoms with Crippen LogP contribution in [0.2, 0.25) is 5.02 Å². The molecule has 1 spiro atoms. The summed E-state index contributed by atoms with van der Waals surface area (Å²) in [7, 11) is 1.25.